The first-order chi connectivity index (χ1) is 10.8. The van der Waals surface area contributed by atoms with Crippen molar-refractivity contribution in [3.63, 3.8) is 0 Å². The standard InChI is InChI=1S/C17H12N4O/c22-17(13-7-11-3-1-2-4-15(11)18-9-13)20-14-6-5-12-10-19-21-16(12)8-14/h1-10H,(H,19,21)(H,20,22). The molecule has 0 saturated heterocycles. The Balaban J connectivity index is 1.64. The van der Waals surface area contributed by atoms with Gasteiger partial charge in [-0.25, -0.2) is 0 Å². The number of hydrogen-bond acceptors (Lipinski definition) is 3. The number of carbonyl (C=O) groups excluding carboxylic acids is 1. The number of benzene rings is 2. The number of rotatable bonds is 2. The molecule has 106 valence electrons. The van der Waals surface area contributed by atoms with Crippen molar-refractivity contribution in [3.05, 3.63) is 66.5 Å². The van der Waals surface area contributed by atoms with E-state index in [-0.39, 0.29) is 5.91 Å². The maximum atomic E-state index is 12.4. The van der Waals surface area contributed by atoms with Crippen LogP contribution in [0.3, 0.4) is 0 Å². The first kappa shape index (κ1) is 12.5. The van der Waals surface area contributed by atoms with Gasteiger partial charge < -0.3 is 5.32 Å². The fourth-order valence-corrected chi connectivity index (χ4v) is 2.41. The first-order valence-electron chi connectivity index (χ1n) is 6.89. The van der Waals surface area contributed by atoms with E-state index in [0.717, 1.165) is 27.5 Å². The molecule has 2 heterocycles. The quantitative estimate of drug-likeness (QED) is 0.594. The van der Waals surface area contributed by atoms with E-state index in [2.05, 4.69) is 20.5 Å². The third-order valence-corrected chi connectivity index (χ3v) is 3.55. The van der Waals surface area contributed by atoms with Gasteiger partial charge in [0.15, 0.2) is 0 Å². The number of H-pyrrole nitrogens is 1. The van der Waals surface area contributed by atoms with Crippen LogP contribution in [0.4, 0.5) is 5.69 Å². The normalized spacial score (nSPS) is 10.9. The van der Waals surface area contributed by atoms with Gasteiger partial charge in [0.2, 0.25) is 0 Å². The number of aromatic nitrogens is 3. The minimum atomic E-state index is -0.183. The summed E-state index contributed by atoms with van der Waals surface area (Å²) in [6, 6.07) is 15.2. The first-order valence-corrected chi connectivity index (χ1v) is 6.89. The second-order valence-corrected chi connectivity index (χ2v) is 5.04. The second kappa shape index (κ2) is 4.96. The van der Waals surface area contributed by atoms with Gasteiger partial charge in [0, 0.05) is 22.7 Å². The number of anilines is 1. The molecule has 0 aliphatic rings. The molecule has 0 atom stereocenters. The fourth-order valence-electron chi connectivity index (χ4n) is 2.41. The Bertz CT molecular complexity index is 990. The number of carbonyl (C=O) groups is 1. The van der Waals surface area contributed by atoms with Crippen LogP contribution in [0.15, 0.2) is 60.9 Å². The van der Waals surface area contributed by atoms with E-state index >= 15 is 0 Å². The Morgan fingerprint density at radius 3 is 2.86 bits per heavy atom. The van der Waals surface area contributed by atoms with Crippen LogP contribution >= 0.6 is 0 Å². The molecule has 4 rings (SSSR count). The molecule has 0 aliphatic heterocycles. The largest absolute Gasteiger partial charge is 0.322 e. The third kappa shape index (κ3) is 2.18. The van der Waals surface area contributed by atoms with Gasteiger partial charge in [0.25, 0.3) is 5.91 Å². The summed E-state index contributed by atoms with van der Waals surface area (Å²) in [6.07, 6.45) is 3.33. The minimum absolute atomic E-state index is 0.183. The lowest BCUT2D eigenvalue weighted by Gasteiger charge is -2.06. The Kier molecular flexibility index (Phi) is 2.83. The van der Waals surface area contributed by atoms with Gasteiger partial charge >= 0.3 is 0 Å². The Hall–Kier alpha value is -3.21. The number of pyridine rings is 1. The van der Waals surface area contributed by atoms with Gasteiger partial charge in [0.1, 0.15) is 0 Å². The van der Waals surface area contributed by atoms with Crippen LogP contribution in [0.5, 0.6) is 0 Å². The zero-order valence-corrected chi connectivity index (χ0v) is 11.6. The second-order valence-electron chi connectivity index (χ2n) is 5.04. The van der Waals surface area contributed by atoms with Crippen molar-refractivity contribution in [2.75, 3.05) is 5.32 Å². The molecule has 0 bridgehead atoms. The van der Waals surface area contributed by atoms with Gasteiger partial charge in [0.05, 0.1) is 22.8 Å². The molecular weight excluding hydrogens is 276 g/mol. The van der Waals surface area contributed by atoms with Crippen molar-refractivity contribution in [1.82, 2.24) is 15.2 Å². The highest BCUT2D eigenvalue weighted by Gasteiger charge is 2.08. The van der Waals surface area contributed by atoms with Crippen molar-refractivity contribution < 1.29 is 4.79 Å². The van der Waals surface area contributed by atoms with Crippen LogP contribution in [-0.2, 0) is 0 Å². The molecular formula is C17H12N4O. The molecule has 2 N–H and O–H groups in total. The molecule has 1 amide bonds. The van der Waals surface area contributed by atoms with E-state index in [9.17, 15) is 4.79 Å². The number of nitrogens with zero attached hydrogens (tertiary/aromatic N) is 2. The SMILES string of the molecule is O=C(Nc1ccc2cn[nH]c2c1)c1cnc2ccccc2c1. The third-order valence-electron chi connectivity index (χ3n) is 3.55. The van der Waals surface area contributed by atoms with E-state index in [1.54, 1.807) is 12.4 Å². The summed E-state index contributed by atoms with van der Waals surface area (Å²) in [7, 11) is 0. The number of hydrogen-bond donors (Lipinski definition) is 2. The highest BCUT2D eigenvalue weighted by atomic mass is 16.1. The van der Waals surface area contributed by atoms with E-state index in [4.69, 9.17) is 0 Å². The Morgan fingerprint density at radius 2 is 1.91 bits per heavy atom. The van der Waals surface area contributed by atoms with Crippen LogP contribution in [0.25, 0.3) is 21.8 Å². The summed E-state index contributed by atoms with van der Waals surface area (Å²) < 4.78 is 0. The monoisotopic (exact) mass is 288 g/mol. The van der Waals surface area contributed by atoms with E-state index in [1.165, 1.54) is 0 Å². The molecule has 0 aliphatic carbocycles. The topological polar surface area (TPSA) is 70.7 Å². The zero-order chi connectivity index (χ0) is 14.9. The summed E-state index contributed by atoms with van der Waals surface area (Å²) in [5.74, 6) is -0.183. The molecule has 0 unspecified atom stereocenters. The molecule has 22 heavy (non-hydrogen) atoms. The molecule has 0 fully saturated rings. The van der Waals surface area contributed by atoms with E-state index in [0.29, 0.717) is 5.56 Å². The van der Waals surface area contributed by atoms with Crippen LogP contribution in [0.1, 0.15) is 10.4 Å². The summed E-state index contributed by atoms with van der Waals surface area (Å²) >= 11 is 0. The number of amides is 1. The van der Waals surface area contributed by atoms with Crippen molar-refractivity contribution in [2.45, 2.75) is 0 Å². The lowest BCUT2D eigenvalue weighted by atomic mass is 10.1. The van der Waals surface area contributed by atoms with Gasteiger partial charge in [-0.15, -0.1) is 0 Å². The number of nitrogens with one attached hydrogen (secondary N) is 2. The fraction of sp³-hybridized carbons (Fsp3) is 0. The predicted octanol–water partition coefficient (Wildman–Crippen LogP) is 3.36. The Morgan fingerprint density at radius 1 is 1.00 bits per heavy atom. The van der Waals surface area contributed by atoms with Crippen molar-refractivity contribution in [3.8, 4) is 0 Å². The van der Waals surface area contributed by atoms with Gasteiger partial charge in [-0.3, -0.25) is 14.9 Å². The highest BCUT2D eigenvalue weighted by molar-refractivity contribution is 6.06. The van der Waals surface area contributed by atoms with Crippen LogP contribution in [0, 0.1) is 0 Å². The lowest BCUT2D eigenvalue weighted by molar-refractivity contribution is 0.102. The average molecular weight is 288 g/mol. The molecule has 0 saturated carbocycles. The minimum Gasteiger partial charge on any atom is -0.322 e. The lowest BCUT2D eigenvalue weighted by Crippen LogP contribution is -2.12. The van der Waals surface area contributed by atoms with Crippen LogP contribution in [-0.4, -0.2) is 21.1 Å². The molecule has 5 heteroatoms. The van der Waals surface area contributed by atoms with Crippen molar-refractivity contribution >= 4 is 33.4 Å². The molecule has 4 aromatic rings. The van der Waals surface area contributed by atoms with Gasteiger partial charge in [-0.2, -0.15) is 5.10 Å². The Labute approximate surface area is 126 Å². The molecule has 0 spiro atoms. The van der Waals surface area contributed by atoms with Crippen molar-refractivity contribution in [2.24, 2.45) is 0 Å². The predicted molar refractivity (Wildman–Crippen MR) is 85.8 cm³/mol. The van der Waals surface area contributed by atoms with Gasteiger partial charge in [-0.05, 0) is 30.3 Å². The maximum Gasteiger partial charge on any atom is 0.257 e. The smallest absolute Gasteiger partial charge is 0.257 e. The molecule has 0 radical (unpaired) electrons. The summed E-state index contributed by atoms with van der Waals surface area (Å²) in [5.41, 5.74) is 3.01. The number of fused-ring (bicyclic) bond motifs is 2. The highest BCUT2D eigenvalue weighted by Crippen LogP contribution is 2.18. The molecule has 2 aromatic heterocycles. The summed E-state index contributed by atoms with van der Waals surface area (Å²) in [5, 5.41) is 11.7. The van der Waals surface area contributed by atoms with E-state index in [1.807, 2.05) is 48.5 Å². The van der Waals surface area contributed by atoms with E-state index < -0.39 is 0 Å². The average Bonchev–Trinajstić information content (AvgIpc) is 3.02. The van der Waals surface area contributed by atoms with Crippen molar-refractivity contribution in [1.29, 1.82) is 0 Å². The number of aromatic amines is 1. The molecule has 5 nitrogen and oxygen atoms in total. The van der Waals surface area contributed by atoms with Crippen LogP contribution < -0.4 is 5.32 Å². The summed E-state index contributed by atoms with van der Waals surface area (Å²) in [4.78, 5) is 16.7. The molecule has 2 aromatic carbocycles. The summed E-state index contributed by atoms with van der Waals surface area (Å²) in [6.45, 7) is 0. The number of para-hydroxylation sites is 1. The zero-order valence-electron chi connectivity index (χ0n) is 11.6. The van der Waals surface area contributed by atoms with Crippen LogP contribution in [0.2, 0.25) is 0 Å². The maximum absolute atomic E-state index is 12.4. The van der Waals surface area contributed by atoms with Gasteiger partial charge in [-0.1, -0.05) is 18.2 Å².